The predicted molar refractivity (Wildman–Crippen MR) is 106 cm³/mol. The number of rotatable bonds is 6. The van der Waals surface area contributed by atoms with Crippen LogP contribution in [0.25, 0.3) is 0 Å². The first kappa shape index (κ1) is 20.3. The molecule has 0 aliphatic rings. The van der Waals surface area contributed by atoms with Crippen molar-refractivity contribution < 1.29 is 13.2 Å². The summed E-state index contributed by atoms with van der Waals surface area (Å²) in [5.74, 6) is -0.342. The van der Waals surface area contributed by atoms with Crippen LogP contribution in [-0.4, -0.2) is 27.6 Å². The molecule has 0 bridgehead atoms. The number of nitrogens with zero attached hydrogens (tertiary/aromatic N) is 1. The zero-order chi connectivity index (χ0) is 19.5. The molecule has 0 saturated heterocycles. The van der Waals surface area contributed by atoms with Gasteiger partial charge in [0.05, 0.1) is 28.6 Å². The van der Waals surface area contributed by atoms with Gasteiger partial charge in [-0.15, -0.1) is 0 Å². The monoisotopic (exact) mass is 394 g/mol. The maximum absolute atomic E-state index is 12.7. The lowest BCUT2D eigenvalue weighted by Gasteiger charge is -2.20. The minimum atomic E-state index is -3.43. The summed E-state index contributed by atoms with van der Waals surface area (Å²) in [6.07, 6.45) is 1.82. The largest absolute Gasteiger partial charge is 0.345 e. The lowest BCUT2D eigenvalue weighted by Crippen LogP contribution is -2.29. The van der Waals surface area contributed by atoms with Gasteiger partial charge < -0.3 is 5.32 Å². The Bertz CT molecular complexity index is 896. The molecular formula is C19H23ClN2O3S. The number of carbonyl (C=O) groups is 1. The molecule has 0 aromatic heterocycles. The minimum Gasteiger partial charge on any atom is -0.345 e. The van der Waals surface area contributed by atoms with Crippen LogP contribution in [0.1, 0.15) is 40.9 Å². The van der Waals surface area contributed by atoms with Crippen molar-refractivity contribution in [1.29, 1.82) is 0 Å². The highest BCUT2D eigenvalue weighted by Gasteiger charge is 2.19. The predicted octanol–water partition coefficient (Wildman–Crippen LogP) is 3.93. The number of nitrogens with one attached hydrogen (secondary N) is 1. The highest BCUT2D eigenvalue weighted by molar-refractivity contribution is 7.92. The highest BCUT2D eigenvalue weighted by Crippen LogP contribution is 2.25. The molecule has 0 saturated carbocycles. The molecule has 2 aromatic rings. The van der Waals surface area contributed by atoms with E-state index in [-0.39, 0.29) is 22.5 Å². The maximum atomic E-state index is 12.7. The van der Waals surface area contributed by atoms with E-state index < -0.39 is 10.0 Å². The molecule has 0 aliphatic carbocycles. The summed E-state index contributed by atoms with van der Waals surface area (Å²) in [5.41, 5.74) is 2.78. The van der Waals surface area contributed by atoms with Crippen LogP contribution in [0, 0.1) is 6.92 Å². The van der Waals surface area contributed by atoms with Gasteiger partial charge in [0.1, 0.15) is 0 Å². The number of halogens is 1. The van der Waals surface area contributed by atoms with E-state index in [0.29, 0.717) is 5.69 Å². The highest BCUT2D eigenvalue weighted by atomic mass is 35.5. The zero-order valence-electron chi connectivity index (χ0n) is 15.3. The molecule has 0 aliphatic heterocycles. The summed E-state index contributed by atoms with van der Waals surface area (Å²) < 4.78 is 24.6. The number of anilines is 1. The van der Waals surface area contributed by atoms with E-state index in [1.54, 1.807) is 6.07 Å². The van der Waals surface area contributed by atoms with Crippen LogP contribution in [0.5, 0.6) is 0 Å². The van der Waals surface area contributed by atoms with Gasteiger partial charge in [-0.25, -0.2) is 8.42 Å². The third kappa shape index (κ3) is 4.77. The topological polar surface area (TPSA) is 66.5 Å². The Balaban J connectivity index is 2.29. The van der Waals surface area contributed by atoms with Crippen LogP contribution in [0.3, 0.4) is 0 Å². The van der Waals surface area contributed by atoms with Crippen molar-refractivity contribution in [2.75, 3.05) is 17.6 Å². The van der Waals surface area contributed by atoms with Gasteiger partial charge in [-0.3, -0.25) is 9.10 Å². The Morgan fingerprint density at radius 2 is 1.81 bits per heavy atom. The molecule has 1 N–H and O–H groups in total. The van der Waals surface area contributed by atoms with Crippen LogP contribution in [0.4, 0.5) is 5.69 Å². The third-order valence-electron chi connectivity index (χ3n) is 4.25. The lowest BCUT2D eigenvalue weighted by atomic mass is 10.0. The van der Waals surface area contributed by atoms with Gasteiger partial charge in [0.15, 0.2) is 0 Å². The van der Waals surface area contributed by atoms with Crippen LogP contribution in [0.15, 0.2) is 42.5 Å². The molecule has 7 heteroatoms. The summed E-state index contributed by atoms with van der Waals surface area (Å²) in [5, 5.41) is 3.24. The maximum Gasteiger partial charge on any atom is 0.253 e. The van der Waals surface area contributed by atoms with Crippen molar-refractivity contribution in [2.45, 2.75) is 26.3 Å². The molecule has 26 heavy (non-hydrogen) atoms. The smallest absolute Gasteiger partial charge is 0.253 e. The Labute approximate surface area is 160 Å². The van der Waals surface area contributed by atoms with Crippen molar-refractivity contribution in [1.82, 2.24) is 5.32 Å². The Kier molecular flexibility index (Phi) is 6.31. The summed E-state index contributed by atoms with van der Waals surface area (Å²) >= 11 is 6.17. The Morgan fingerprint density at radius 1 is 1.19 bits per heavy atom. The van der Waals surface area contributed by atoms with Crippen LogP contribution < -0.4 is 9.62 Å². The molecule has 0 radical (unpaired) electrons. The number of benzene rings is 2. The van der Waals surface area contributed by atoms with E-state index in [9.17, 15) is 13.2 Å². The zero-order valence-corrected chi connectivity index (χ0v) is 16.9. The first-order chi connectivity index (χ1) is 12.1. The number of amides is 1. The van der Waals surface area contributed by atoms with Crippen molar-refractivity contribution in [2.24, 2.45) is 0 Å². The first-order valence-corrected chi connectivity index (χ1v) is 10.5. The molecule has 2 aromatic carbocycles. The number of sulfonamides is 1. The summed E-state index contributed by atoms with van der Waals surface area (Å²) in [6, 6.07) is 12.4. The molecule has 0 heterocycles. The lowest BCUT2D eigenvalue weighted by molar-refractivity contribution is 0.0935. The number of carbonyl (C=O) groups excluding carboxylic acids is 1. The SMILES string of the molecule is CCC(NC(=O)c1cc(N(C)S(C)(=O)=O)ccc1Cl)c1ccc(C)cc1. The Morgan fingerprint density at radius 3 is 2.35 bits per heavy atom. The van der Waals surface area contributed by atoms with E-state index in [1.165, 1.54) is 19.2 Å². The molecule has 1 amide bonds. The van der Waals surface area contributed by atoms with E-state index in [2.05, 4.69) is 5.32 Å². The van der Waals surface area contributed by atoms with Gasteiger partial charge in [0.25, 0.3) is 5.91 Å². The fourth-order valence-corrected chi connectivity index (χ4v) is 3.23. The fraction of sp³-hybridized carbons (Fsp3) is 0.316. The van der Waals surface area contributed by atoms with E-state index in [0.717, 1.165) is 28.1 Å². The molecule has 1 unspecified atom stereocenters. The average Bonchev–Trinajstić information content (AvgIpc) is 2.59. The number of hydrogen-bond acceptors (Lipinski definition) is 3. The van der Waals surface area contributed by atoms with Crippen molar-refractivity contribution in [3.05, 3.63) is 64.2 Å². The second kappa shape index (κ2) is 8.10. The Hall–Kier alpha value is -2.05. The second-order valence-corrected chi connectivity index (χ2v) is 8.66. The van der Waals surface area contributed by atoms with Gasteiger partial charge in [0, 0.05) is 7.05 Å². The van der Waals surface area contributed by atoms with Crippen LogP contribution >= 0.6 is 11.6 Å². The molecule has 2 rings (SSSR count). The van der Waals surface area contributed by atoms with Gasteiger partial charge in [0.2, 0.25) is 10.0 Å². The second-order valence-electron chi connectivity index (χ2n) is 6.24. The third-order valence-corrected chi connectivity index (χ3v) is 5.78. The number of aryl methyl sites for hydroxylation is 1. The standard InChI is InChI=1S/C19H23ClN2O3S/c1-5-18(14-8-6-13(2)7-9-14)21-19(23)16-12-15(10-11-17(16)20)22(3)26(4,24)25/h6-12,18H,5H2,1-4H3,(H,21,23). The van der Waals surface area contributed by atoms with Gasteiger partial charge in [-0.2, -0.15) is 0 Å². The molecule has 140 valence electrons. The normalized spacial score (nSPS) is 12.5. The summed E-state index contributed by atoms with van der Waals surface area (Å²) in [4.78, 5) is 12.7. The molecule has 0 spiro atoms. The fourth-order valence-electron chi connectivity index (χ4n) is 2.53. The molecule has 1 atom stereocenters. The minimum absolute atomic E-state index is 0.157. The van der Waals surface area contributed by atoms with Gasteiger partial charge in [-0.05, 0) is 37.1 Å². The van der Waals surface area contributed by atoms with Gasteiger partial charge >= 0.3 is 0 Å². The summed E-state index contributed by atoms with van der Waals surface area (Å²) in [7, 11) is -2.00. The van der Waals surface area contributed by atoms with E-state index in [4.69, 9.17) is 11.6 Å². The van der Waals surface area contributed by atoms with Crippen LogP contribution in [-0.2, 0) is 10.0 Å². The summed E-state index contributed by atoms with van der Waals surface area (Å²) in [6.45, 7) is 3.99. The molecule has 0 fully saturated rings. The van der Waals surface area contributed by atoms with Crippen molar-refractivity contribution >= 4 is 33.2 Å². The first-order valence-electron chi connectivity index (χ1n) is 8.24. The quantitative estimate of drug-likeness (QED) is 0.807. The average molecular weight is 395 g/mol. The molecular weight excluding hydrogens is 372 g/mol. The number of hydrogen-bond donors (Lipinski definition) is 1. The van der Waals surface area contributed by atoms with E-state index >= 15 is 0 Å². The van der Waals surface area contributed by atoms with Crippen LogP contribution in [0.2, 0.25) is 5.02 Å². The van der Waals surface area contributed by atoms with Crippen molar-refractivity contribution in [3.8, 4) is 0 Å². The van der Waals surface area contributed by atoms with E-state index in [1.807, 2.05) is 38.1 Å². The molecule has 5 nitrogen and oxygen atoms in total. The van der Waals surface area contributed by atoms with Gasteiger partial charge in [-0.1, -0.05) is 48.4 Å². The van der Waals surface area contributed by atoms with Crippen molar-refractivity contribution in [3.63, 3.8) is 0 Å².